The number of hydrogen-bond acceptors (Lipinski definition) is 6. The van der Waals surface area contributed by atoms with Crippen molar-refractivity contribution in [3.63, 3.8) is 0 Å². The first-order valence-corrected chi connectivity index (χ1v) is 8.18. The molecule has 0 aliphatic carbocycles. The minimum Gasteiger partial charge on any atom is -0.444 e. The summed E-state index contributed by atoms with van der Waals surface area (Å²) in [6, 6.07) is -0.292. The van der Waals surface area contributed by atoms with Crippen LogP contribution in [0.1, 0.15) is 27.7 Å². The Bertz CT molecular complexity index is 641. The first kappa shape index (κ1) is 20.1. The maximum atomic E-state index is 12.8. The molecule has 1 fully saturated rings. The van der Waals surface area contributed by atoms with Crippen LogP contribution in [0.2, 0.25) is 0 Å². The molecule has 148 valence electrons. The summed E-state index contributed by atoms with van der Waals surface area (Å²) in [5.74, 6) is 0.125. The normalized spacial score (nSPS) is 18.8. The lowest BCUT2D eigenvalue weighted by atomic mass is 10.2. The molecule has 1 aromatic heterocycles. The number of amides is 1. The highest BCUT2D eigenvalue weighted by atomic mass is 19.4. The predicted molar refractivity (Wildman–Crippen MR) is 88.3 cm³/mol. The van der Waals surface area contributed by atoms with Gasteiger partial charge in [0.15, 0.2) is 5.82 Å². The van der Waals surface area contributed by atoms with E-state index in [0.717, 1.165) is 10.9 Å². The number of piperazine rings is 1. The summed E-state index contributed by atoms with van der Waals surface area (Å²) in [6.45, 7) is 6.64. The number of nitrogens with one attached hydrogen (secondary N) is 1. The number of nitrogens with zero attached hydrogens (tertiary/aromatic N) is 4. The Kier molecular flexibility index (Phi) is 5.59. The fourth-order valence-electron chi connectivity index (χ4n) is 2.82. The van der Waals surface area contributed by atoms with Crippen molar-refractivity contribution in [3.8, 4) is 0 Å². The molecule has 1 atom stereocenters. The van der Waals surface area contributed by atoms with E-state index in [1.807, 2.05) is 5.48 Å². The molecule has 2 N–H and O–H groups in total. The fourth-order valence-corrected chi connectivity index (χ4v) is 2.82. The van der Waals surface area contributed by atoms with Crippen molar-refractivity contribution in [3.05, 3.63) is 6.20 Å². The summed E-state index contributed by atoms with van der Waals surface area (Å²) in [5.41, 5.74) is 1.33. The highest BCUT2D eigenvalue weighted by Crippen LogP contribution is 2.30. The molecular weight excluding hydrogens is 355 g/mol. The van der Waals surface area contributed by atoms with Gasteiger partial charge >= 0.3 is 12.3 Å². The quantitative estimate of drug-likeness (QED) is 0.786. The van der Waals surface area contributed by atoms with E-state index in [-0.39, 0.29) is 37.2 Å². The lowest BCUT2D eigenvalue weighted by Crippen LogP contribution is -2.55. The highest BCUT2D eigenvalue weighted by molar-refractivity contribution is 5.70. The van der Waals surface area contributed by atoms with Gasteiger partial charge in [-0.3, -0.25) is 10.7 Å². The van der Waals surface area contributed by atoms with Gasteiger partial charge in [0.25, 0.3) is 0 Å². The first-order chi connectivity index (χ1) is 11.9. The molecule has 2 rings (SSSR count). The monoisotopic (exact) mass is 379 g/mol. The second-order valence-corrected chi connectivity index (χ2v) is 7.24. The summed E-state index contributed by atoms with van der Waals surface area (Å²) in [6.07, 6.45) is -3.78. The van der Waals surface area contributed by atoms with Gasteiger partial charge in [-0.25, -0.2) is 9.48 Å². The molecule has 0 bridgehead atoms. The van der Waals surface area contributed by atoms with Gasteiger partial charge in [-0.05, 0) is 27.7 Å². The number of ether oxygens (including phenoxy) is 1. The van der Waals surface area contributed by atoms with Crippen LogP contribution in [-0.2, 0) is 11.3 Å². The standard InChI is InChI=1S/C15H24F3N5O3/c1-10-8-21(5-6-22(10)13(24)26-14(2,3)4)12-11(20-25)7-19-23(12)9-15(16,17)18/h7,10,20,25H,5-6,8-9H2,1-4H3. The molecule has 26 heavy (non-hydrogen) atoms. The van der Waals surface area contributed by atoms with E-state index in [4.69, 9.17) is 4.74 Å². The number of rotatable bonds is 3. The van der Waals surface area contributed by atoms with Crippen LogP contribution in [0.5, 0.6) is 0 Å². The van der Waals surface area contributed by atoms with E-state index >= 15 is 0 Å². The van der Waals surface area contributed by atoms with Gasteiger partial charge < -0.3 is 14.5 Å². The van der Waals surface area contributed by atoms with Crippen LogP contribution in [0, 0.1) is 0 Å². The lowest BCUT2D eigenvalue weighted by molar-refractivity contribution is -0.142. The van der Waals surface area contributed by atoms with Gasteiger partial charge in [-0.1, -0.05) is 0 Å². The van der Waals surface area contributed by atoms with Crippen molar-refractivity contribution in [1.82, 2.24) is 14.7 Å². The number of carbonyl (C=O) groups is 1. The van der Waals surface area contributed by atoms with Crippen LogP contribution in [0.15, 0.2) is 6.20 Å². The summed E-state index contributed by atoms with van der Waals surface area (Å²) in [4.78, 5) is 15.5. The van der Waals surface area contributed by atoms with E-state index in [0.29, 0.717) is 0 Å². The number of halogens is 3. The molecule has 0 spiro atoms. The van der Waals surface area contributed by atoms with Crippen LogP contribution in [0.3, 0.4) is 0 Å². The van der Waals surface area contributed by atoms with Crippen molar-refractivity contribution >= 4 is 17.6 Å². The molecule has 1 amide bonds. The van der Waals surface area contributed by atoms with Crippen LogP contribution < -0.4 is 10.4 Å². The molecule has 1 aliphatic heterocycles. The fraction of sp³-hybridized carbons (Fsp3) is 0.733. The Morgan fingerprint density at radius 2 is 2.04 bits per heavy atom. The van der Waals surface area contributed by atoms with Crippen LogP contribution in [0.4, 0.5) is 29.5 Å². The molecule has 0 aromatic carbocycles. The van der Waals surface area contributed by atoms with Crippen molar-refractivity contribution in [1.29, 1.82) is 0 Å². The average molecular weight is 379 g/mol. The molecule has 0 saturated carbocycles. The molecule has 8 nitrogen and oxygen atoms in total. The Morgan fingerprint density at radius 1 is 1.38 bits per heavy atom. The van der Waals surface area contributed by atoms with E-state index in [9.17, 15) is 23.2 Å². The van der Waals surface area contributed by atoms with Crippen molar-refractivity contribution in [2.24, 2.45) is 0 Å². The second kappa shape index (κ2) is 7.22. The van der Waals surface area contributed by atoms with Crippen molar-refractivity contribution in [2.45, 2.75) is 52.1 Å². The van der Waals surface area contributed by atoms with Gasteiger partial charge in [-0.15, -0.1) is 0 Å². The molecular formula is C15H24F3N5O3. The second-order valence-electron chi connectivity index (χ2n) is 7.24. The number of hydrogen-bond donors (Lipinski definition) is 2. The number of carbonyl (C=O) groups excluding carboxylic acids is 1. The topological polar surface area (TPSA) is 82.9 Å². The van der Waals surface area contributed by atoms with Gasteiger partial charge in [0, 0.05) is 25.7 Å². The zero-order valence-corrected chi connectivity index (χ0v) is 15.2. The third-order valence-corrected chi connectivity index (χ3v) is 3.82. The van der Waals surface area contributed by atoms with E-state index in [1.165, 1.54) is 4.90 Å². The molecule has 11 heteroatoms. The Labute approximate surface area is 149 Å². The van der Waals surface area contributed by atoms with E-state index < -0.39 is 24.4 Å². The summed E-state index contributed by atoms with van der Waals surface area (Å²) >= 11 is 0. The molecule has 1 unspecified atom stereocenters. The molecule has 2 heterocycles. The highest BCUT2D eigenvalue weighted by Gasteiger charge is 2.35. The number of alkyl halides is 3. The SMILES string of the molecule is CC1CN(c2c(NO)cnn2CC(F)(F)F)CCN1C(=O)OC(C)(C)C. The Morgan fingerprint density at radius 3 is 2.54 bits per heavy atom. The minimum absolute atomic E-state index is 0.0761. The lowest BCUT2D eigenvalue weighted by Gasteiger charge is -2.41. The maximum absolute atomic E-state index is 12.8. The van der Waals surface area contributed by atoms with Gasteiger partial charge in [-0.2, -0.15) is 18.3 Å². The largest absolute Gasteiger partial charge is 0.444 e. The summed E-state index contributed by atoms with van der Waals surface area (Å²) < 4.78 is 44.5. The van der Waals surface area contributed by atoms with Gasteiger partial charge in [0.1, 0.15) is 17.8 Å². The van der Waals surface area contributed by atoms with Crippen LogP contribution >= 0.6 is 0 Å². The third kappa shape index (κ3) is 4.93. The van der Waals surface area contributed by atoms with Crippen molar-refractivity contribution in [2.75, 3.05) is 30.0 Å². The first-order valence-electron chi connectivity index (χ1n) is 8.18. The van der Waals surface area contributed by atoms with Gasteiger partial charge in [0.2, 0.25) is 0 Å². The third-order valence-electron chi connectivity index (χ3n) is 3.82. The van der Waals surface area contributed by atoms with Crippen LogP contribution in [0.25, 0.3) is 0 Å². The van der Waals surface area contributed by atoms with E-state index in [1.54, 1.807) is 32.6 Å². The Hall–Kier alpha value is -2.17. The molecule has 0 radical (unpaired) electrons. The minimum atomic E-state index is -4.45. The van der Waals surface area contributed by atoms with Gasteiger partial charge in [0.05, 0.1) is 6.20 Å². The maximum Gasteiger partial charge on any atom is 0.410 e. The van der Waals surface area contributed by atoms with Crippen molar-refractivity contribution < 1.29 is 27.9 Å². The summed E-state index contributed by atoms with van der Waals surface area (Å²) in [7, 11) is 0. The predicted octanol–water partition coefficient (Wildman–Crippen LogP) is 2.69. The molecule has 1 aliphatic rings. The Balaban J connectivity index is 2.16. The van der Waals surface area contributed by atoms with E-state index in [2.05, 4.69) is 5.10 Å². The molecule has 1 saturated heterocycles. The molecule has 1 aromatic rings. The smallest absolute Gasteiger partial charge is 0.410 e. The zero-order chi connectivity index (χ0) is 19.7. The zero-order valence-electron chi connectivity index (χ0n) is 15.2. The number of aromatic nitrogens is 2. The number of anilines is 2. The average Bonchev–Trinajstić information content (AvgIpc) is 2.85. The summed E-state index contributed by atoms with van der Waals surface area (Å²) in [5, 5.41) is 12.9. The van der Waals surface area contributed by atoms with Crippen LogP contribution in [-0.4, -0.2) is 63.4 Å².